The average Bonchev–Trinajstić information content (AvgIpc) is 2.37. The monoisotopic (exact) mass is 205 g/mol. The largest absolute Gasteiger partial charge is 0.385 e. The van der Waals surface area contributed by atoms with Gasteiger partial charge in [0.1, 0.15) is 0 Å². The van der Waals surface area contributed by atoms with Crippen molar-refractivity contribution in [3.05, 3.63) is 35.6 Å². The minimum atomic E-state index is 0.546. The van der Waals surface area contributed by atoms with Crippen molar-refractivity contribution >= 4 is 0 Å². The molecule has 1 rings (SSSR count). The van der Waals surface area contributed by atoms with E-state index in [9.17, 15) is 0 Å². The van der Waals surface area contributed by atoms with E-state index in [-0.39, 0.29) is 0 Å². The van der Waals surface area contributed by atoms with Crippen LogP contribution in [0, 0.1) is 11.8 Å². The van der Waals surface area contributed by atoms with E-state index in [2.05, 4.69) is 57.3 Å². The first kappa shape index (κ1) is 12.1. The molecule has 1 N–H and O–H groups in total. The lowest BCUT2D eigenvalue weighted by Crippen LogP contribution is -2.19. The van der Waals surface area contributed by atoms with E-state index in [1.807, 2.05) is 0 Å². The smallest absolute Gasteiger partial charge is 0.0369 e. The zero-order valence-electron chi connectivity index (χ0n) is 10.4. The van der Waals surface area contributed by atoms with Crippen molar-refractivity contribution < 1.29 is 0 Å². The van der Waals surface area contributed by atoms with Gasteiger partial charge in [0.15, 0.2) is 0 Å². The molecule has 84 valence electrons. The lowest BCUT2D eigenvalue weighted by atomic mass is 10.1. The first-order valence-corrected chi connectivity index (χ1v) is 5.97. The van der Waals surface area contributed by atoms with Crippen LogP contribution in [0.25, 0.3) is 0 Å². The Hall–Kier alpha value is -0.980. The lowest BCUT2D eigenvalue weighted by molar-refractivity contribution is 0.599. The van der Waals surface area contributed by atoms with Gasteiger partial charge in [-0.15, -0.1) is 0 Å². The molecule has 1 unspecified atom stereocenters. The predicted molar refractivity (Wildman–Crippen MR) is 67.6 cm³/mol. The molecule has 1 heteroatoms. The average molecular weight is 205 g/mol. The molecule has 0 aromatic carbocycles. The van der Waals surface area contributed by atoms with Gasteiger partial charge in [0.25, 0.3) is 0 Å². The Morgan fingerprint density at radius 2 is 1.93 bits per heavy atom. The fourth-order valence-electron chi connectivity index (χ4n) is 1.57. The van der Waals surface area contributed by atoms with Crippen LogP contribution < -0.4 is 5.32 Å². The maximum Gasteiger partial charge on any atom is 0.0369 e. The number of allylic oxidation sites excluding steroid dienone is 5. The second-order valence-electron chi connectivity index (χ2n) is 4.64. The van der Waals surface area contributed by atoms with E-state index in [4.69, 9.17) is 0 Å². The Morgan fingerprint density at radius 1 is 1.27 bits per heavy atom. The maximum absolute atomic E-state index is 3.52. The summed E-state index contributed by atoms with van der Waals surface area (Å²) in [5, 5.41) is 3.52. The highest BCUT2D eigenvalue weighted by Crippen LogP contribution is 2.16. The maximum atomic E-state index is 3.52. The summed E-state index contributed by atoms with van der Waals surface area (Å²) in [6.45, 7) is 9.94. The van der Waals surface area contributed by atoms with Gasteiger partial charge in [-0.3, -0.25) is 0 Å². The van der Waals surface area contributed by atoms with Gasteiger partial charge >= 0.3 is 0 Å². The van der Waals surface area contributed by atoms with Crippen molar-refractivity contribution in [2.75, 3.05) is 6.54 Å². The lowest BCUT2D eigenvalue weighted by Gasteiger charge is -2.12. The number of nitrogens with one attached hydrogen (secondary N) is 1. The van der Waals surface area contributed by atoms with Crippen molar-refractivity contribution in [1.29, 1.82) is 0 Å². The molecule has 15 heavy (non-hydrogen) atoms. The van der Waals surface area contributed by atoms with Crippen molar-refractivity contribution in [2.24, 2.45) is 11.8 Å². The van der Waals surface area contributed by atoms with Gasteiger partial charge in [-0.2, -0.15) is 0 Å². The van der Waals surface area contributed by atoms with E-state index < -0.39 is 0 Å². The highest BCUT2D eigenvalue weighted by Gasteiger charge is 2.04. The predicted octanol–water partition coefficient (Wildman–Crippen LogP) is 3.66. The van der Waals surface area contributed by atoms with Crippen molar-refractivity contribution in [1.82, 2.24) is 5.32 Å². The summed E-state index contributed by atoms with van der Waals surface area (Å²) in [7, 11) is 0. The summed E-state index contributed by atoms with van der Waals surface area (Å²) < 4.78 is 0. The van der Waals surface area contributed by atoms with Crippen LogP contribution in [0.1, 0.15) is 34.1 Å². The summed E-state index contributed by atoms with van der Waals surface area (Å²) in [5.41, 5.74) is 2.71. The topological polar surface area (TPSA) is 12.0 Å². The van der Waals surface area contributed by atoms with E-state index in [1.165, 1.54) is 11.3 Å². The van der Waals surface area contributed by atoms with Crippen LogP contribution in [-0.4, -0.2) is 6.54 Å². The first-order chi connectivity index (χ1) is 7.13. The van der Waals surface area contributed by atoms with Crippen molar-refractivity contribution in [2.45, 2.75) is 34.1 Å². The van der Waals surface area contributed by atoms with Crippen molar-refractivity contribution in [3.8, 4) is 0 Å². The normalized spacial score (nSPS) is 21.0. The summed E-state index contributed by atoms with van der Waals surface area (Å²) in [5.74, 6) is 1.23. The molecule has 0 heterocycles. The molecule has 0 spiro atoms. The SMILES string of the molecule is CCC1=C(NCC(C)C)C=CC(C)C=C1. The molecule has 1 atom stereocenters. The number of hydrogen-bond donors (Lipinski definition) is 1. The van der Waals surface area contributed by atoms with Crippen LogP contribution in [0.4, 0.5) is 0 Å². The fourth-order valence-corrected chi connectivity index (χ4v) is 1.57. The summed E-state index contributed by atoms with van der Waals surface area (Å²) in [4.78, 5) is 0. The van der Waals surface area contributed by atoms with E-state index >= 15 is 0 Å². The van der Waals surface area contributed by atoms with Gasteiger partial charge in [-0.05, 0) is 29.9 Å². The van der Waals surface area contributed by atoms with Crippen LogP contribution in [-0.2, 0) is 0 Å². The quantitative estimate of drug-likeness (QED) is 0.738. The molecule has 0 aromatic heterocycles. The van der Waals surface area contributed by atoms with Gasteiger partial charge in [0.05, 0.1) is 0 Å². The van der Waals surface area contributed by atoms with Gasteiger partial charge in [-0.1, -0.05) is 45.9 Å². The molecule has 0 bridgehead atoms. The zero-order valence-corrected chi connectivity index (χ0v) is 10.4. The fraction of sp³-hybridized carbons (Fsp3) is 0.571. The Kier molecular flexibility index (Phi) is 4.67. The molecule has 0 saturated carbocycles. The van der Waals surface area contributed by atoms with Gasteiger partial charge < -0.3 is 5.32 Å². The third kappa shape index (κ3) is 3.94. The third-order valence-corrected chi connectivity index (χ3v) is 2.60. The van der Waals surface area contributed by atoms with Crippen LogP contribution in [0.15, 0.2) is 35.6 Å². The minimum absolute atomic E-state index is 0.546. The molecule has 1 aliphatic carbocycles. The zero-order chi connectivity index (χ0) is 11.3. The van der Waals surface area contributed by atoms with Crippen LogP contribution in [0.3, 0.4) is 0 Å². The molecular weight excluding hydrogens is 182 g/mol. The molecule has 0 radical (unpaired) electrons. The number of hydrogen-bond acceptors (Lipinski definition) is 1. The van der Waals surface area contributed by atoms with Crippen LogP contribution in [0.5, 0.6) is 0 Å². The molecule has 0 aromatic rings. The summed E-state index contributed by atoms with van der Waals surface area (Å²) in [6, 6.07) is 0. The van der Waals surface area contributed by atoms with E-state index in [0.717, 1.165) is 13.0 Å². The van der Waals surface area contributed by atoms with Gasteiger partial charge in [-0.25, -0.2) is 0 Å². The molecule has 0 amide bonds. The molecule has 0 aliphatic heterocycles. The second kappa shape index (κ2) is 5.79. The number of rotatable bonds is 4. The molecule has 1 aliphatic rings. The van der Waals surface area contributed by atoms with Crippen LogP contribution in [0.2, 0.25) is 0 Å². The Labute approximate surface area is 94.0 Å². The van der Waals surface area contributed by atoms with E-state index in [0.29, 0.717) is 11.8 Å². The molecule has 0 fully saturated rings. The van der Waals surface area contributed by atoms with Gasteiger partial charge in [0.2, 0.25) is 0 Å². The molecular formula is C14H23N. The minimum Gasteiger partial charge on any atom is -0.385 e. The molecule has 1 nitrogen and oxygen atoms in total. The third-order valence-electron chi connectivity index (χ3n) is 2.60. The summed E-state index contributed by atoms with van der Waals surface area (Å²) in [6.07, 6.45) is 10.1. The second-order valence-corrected chi connectivity index (χ2v) is 4.64. The highest BCUT2D eigenvalue weighted by atomic mass is 14.9. The van der Waals surface area contributed by atoms with E-state index in [1.54, 1.807) is 0 Å². The Balaban J connectivity index is 2.75. The first-order valence-electron chi connectivity index (χ1n) is 5.97. The Bertz CT molecular complexity index is 282. The standard InChI is InChI=1S/C14H23N/c1-5-13-8-6-12(4)7-9-14(13)15-10-11(2)3/h6-9,11-12,15H,5,10H2,1-4H3. The Morgan fingerprint density at radius 3 is 2.53 bits per heavy atom. The highest BCUT2D eigenvalue weighted by molar-refractivity contribution is 5.35. The van der Waals surface area contributed by atoms with Crippen molar-refractivity contribution in [3.63, 3.8) is 0 Å². The van der Waals surface area contributed by atoms with Crippen LogP contribution >= 0.6 is 0 Å². The van der Waals surface area contributed by atoms with Gasteiger partial charge in [0, 0.05) is 12.2 Å². The molecule has 0 saturated heterocycles. The summed E-state index contributed by atoms with van der Waals surface area (Å²) >= 11 is 0.